The average molecular weight is 281 g/mol. The quantitative estimate of drug-likeness (QED) is 0.642. The molecule has 2 heterocycles. The van der Waals surface area contributed by atoms with E-state index in [1.54, 1.807) is 4.57 Å². The van der Waals surface area contributed by atoms with E-state index in [1.165, 1.54) is 11.8 Å². The summed E-state index contributed by atoms with van der Waals surface area (Å²) in [5.74, 6) is -0.757. The van der Waals surface area contributed by atoms with Gasteiger partial charge in [-0.2, -0.15) is 0 Å². The van der Waals surface area contributed by atoms with Gasteiger partial charge in [-0.25, -0.2) is 9.78 Å². The van der Waals surface area contributed by atoms with E-state index in [0.29, 0.717) is 17.9 Å². The first-order chi connectivity index (χ1) is 9.43. The topological polar surface area (TPSA) is 117 Å². The number of hydrogen-bond acceptors (Lipinski definition) is 4. The maximum Gasteiger partial charge on any atom is 0.408 e. The first-order valence-corrected chi connectivity index (χ1v) is 6.07. The summed E-state index contributed by atoms with van der Waals surface area (Å²) in [6.07, 6.45) is -1.02. The zero-order chi connectivity index (χ0) is 14.9. The SMILES string of the molecule is CCn1c(C(=O)NNC(C)=O)nc2c1CN(C(=O)O)C2. The summed E-state index contributed by atoms with van der Waals surface area (Å²) in [5.41, 5.74) is 5.72. The number of imidazole rings is 1. The van der Waals surface area contributed by atoms with Crippen LogP contribution in [0.2, 0.25) is 0 Å². The van der Waals surface area contributed by atoms with Crippen molar-refractivity contribution in [1.29, 1.82) is 0 Å². The maximum absolute atomic E-state index is 11.9. The van der Waals surface area contributed by atoms with E-state index in [9.17, 15) is 14.4 Å². The highest BCUT2D eigenvalue weighted by Gasteiger charge is 2.30. The monoisotopic (exact) mass is 281 g/mol. The molecule has 0 fully saturated rings. The van der Waals surface area contributed by atoms with Crippen LogP contribution < -0.4 is 10.9 Å². The predicted octanol–water partition coefficient (Wildman–Crippen LogP) is -0.322. The number of nitrogens with zero attached hydrogens (tertiary/aromatic N) is 3. The second kappa shape index (κ2) is 5.19. The van der Waals surface area contributed by atoms with E-state index in [2.05, 4.69) is 15.8 Å². The van der Waals surface area contributed by atoms with Crippen LogP contribution in [0.5, 0.6) is 0 Å². The Morgan fingerprint density at radius 1 is 1.30 bits per heavy atom. The molecule has 0 bridgehead atoms. The van der Waals surface area contributed by atoms with Crippen LogP contribution in [0.25, 0.3) is 0 Å². The fourth-order valence-corrected chi connectivity index (χ4v) is 2.11. The van der Waals surface area contributed by atoms with Crippen LogP contribution in [0.4, 0.5) is 4.79 Å². The number of rotatable bonds is 2. The molecule has 0 aromatic carbocycles. The fourth-order valence-electron chi connectivity index (χ4n) is 2.11. The molecule has 0 saturated heterocycles. The largest absolute Gasteiger partial charge is 0.465 e. The number of amides is 3. The molecule has 9 nitrogen and oxygen atoms in total. The van der Waals surface area contributed by atoms with Gasteiger partial charge in [0, 0.05) is 13.5 Å². The molecule has 0 aliphatic carbocycles. The molecule has 108 valence electrons. The molecule has 0 unspecified atom stereocenters. The van der Waals surface area contributed by atoms with E-state index in [1.807, 2.05) is 6.92 Å². The fraction of sp³-hybridized carbons (Fsp3) is 0.455. The summed E-state index contributed by atoms with van der Waals surface area (Å²) >= 11 is 0. The van der Waals surface area contributed by atoms with Gasteiger partial charge in [-0.1, -0.05) is 0 Å². The summed E-state index contributed by atoms with van der Waals surface area (Å²) in [6, 6.07) is 0. The van der Waals surface area contributed by atoms with Gasteiger partial charge in [-0.05, 0) is 6.92 Å². The van der Waals surface area contributed by atoms with Crippen LogP contribution in [0.3, 0.4) is 0 Å². The Kier molecular flexibility index (Phi) is 3.59. The molecule has 0 saturated carbocycles. The number of carbonyl (C=O) groups excluding carboxylic acids is 2. The zero-order valence-electron chi connectivity index (χ0n) is 11.1. The summed E-state index contributed by atoms with van der Waals surface area (Å²) < 4.78 is 1.65. The Bertz CT molecular complexity index is 580. The lowest BCUT2D eigenvalue weighted by Crippen LogP contribution is -2.41. The molecular weight excluding hydrogens is 266 g/mol. The Morgan fingerprint density at radius 2 is 2.00 bits per heavy atom. The Balaban J connectivity index is 2.22. The number of fused-ring (bicyclic) bond motifs is 1. The number of hydrogen-bond donors (Lipinski definition) is 3. The molecule has 0 radical (unpaired) electrons. The second-order valence-corrected chi connectivity index (χ2v) is 4.35. The summed E-state index contributed by atoms with van der Waals surface area (Å²) in [6.45, 7) is 3.97. The van der Waals surface area contributed by atoms with Crippen LogP contribution in [0.1, 0.15) is 35.9 Å². The average Bonchev–Trinajstić information content (AvgIpc) is 2.92. The summed E-state index contributed by atoms with van der Waals surface area (Å²) in [7, 11) is 0. The number of nitrogens with one attached hydrogen (secondary N) is 2. The van der Waals surface area contributed by atoms with E-state index in [0.717, 1.165) is 0 Å². The highest BCUT2D eigenvalue weighted by atomic mass is 16.4. The maximum atomic E-state index is 11.9. The van der Waals surface area contributed by atoms with Crippen LogP contribution in [-0.2, 0) is 24.4 Å². The van der Waals surface area contributed by atoms with Crippen molar-refractivity contribution in [3.8, 4) is 0 Å². The van der Waals surface area contributed by atoms with Crippen LogP contribution in [0, 0.1) is 0 Å². The third-order valence-corrected chi connectivity index (χ3v) is 2.98. The molecule has 3 N–H and O–H groups in total. The van der Waals surface area contributed by atoms with Gasteiger partial charge >= 0.3 is 12.0 Å². The highest BCUT2D eigenvalue weighted by molar-refractivity contribution is 5.92. The second-order valence-electron chi connectivity index (χ2n) is 4.35. The molecule has 1 aliphatic heterocycles. The molecule has 1 aliphatic rings. The normalized spacial score (nSPS) is 13.0. The summed E-state index contributed by atoms with van der Waals surface area (Å²) in [4.78, 5) is 39.0. The van der Waals surface area contributed by atoms with Crippen molar-refractivity contribution in [2.24, 2.45) is 0 Å². The van der Waals surface area contributed by atoms with Crippen LogP contribution >= 0.6 is 0 Å². The molecule has 0 atom stereocenters. The Morgan fingerprint density at radius 3 is 2.55 bits per heavy atom. The highest BCUT2D eigenvalue weighted by Crippen LogP contribution is 2.23. The first-order valence-electron chi connectivity index (χ1n) is 6.07. The van der Waals surface area contributed by atoms with Crippen molar-refractivity contribution in [3.05, 3.63) is 17.2 Å². The van der Waals surface area contributed by atoms with Crippen molar-refractivity contribution in [1.82, 2.24) is 25.3 Å². The smallest absolute Gasteiger partial charge is 0.408 e. The lowest BCUT2D eigenvalue weighted by atomic mass is 10.4. The van der Waals surface area contributed by atoms with E-state index >= 15 is 0 Å². The minimum Gasteiger partial charge on any atom is -0.465 e. The van der Waals surface area contributed by atoms with Gasteiger partial charge in [0.05, 0.1) is 24.5 Å². The van der Waals surface area contributed by atoms with Crippen molar-refractivity contribution in [3.63, 3.8) is 0 Å². The third-order valence-electron chi connectivity index (χ3n) is 2.98. The zero-order valence-corrected chi connectivity index (χ0v) is 11.1. The number of carbonyl (C=O) groups is 3. The lowest BCUT2D eigenvalue weighted by Gasteiger charge is -2.13. The molecule has 1 aromatic rings. The molecular formula is C11H15N5O4. The first kappa shape index (κ1) is 13.8. The van der Waals surface area contributed by atoms with Gasteiger partial charge in [0.25, 0.3) is 0 Å². The van der Waals surface area contributed by atoms with Gasteiger partial charge in [0.1, 0.15) is 0 Å². The minimum absolute atomic E-state index is 0.163. The molecule has 3 amide bonds. The molecule has 20 heavy (non-hydrogen) atoms. The Labute approximate surface area is 114 Å². The van der Waals surface area contributed by atoms with Crippen molar-refractivity contribution in [2.45, 2.75) is 33.5 Å². The molecule has 1 aromatic heterocycles. The van der Waals surface area contributed by atoms with E-state index in [4.69, 9.17) is 5.11 Å². The third kappa shape index (κ3) is 2.42. The lowest BCUT2D eigenvalue weighted by molar-refractivity contribution is -0.119. The standard InChI is InChI=1S/C11H15N5O4/c1-3-16-8-5-15(11(19)20)4-7(8)12-9(16)10(18)14-13-6(2)17/h3-5H2,1-2H3,(H,13,17)(H,14,18)(H,19,20). The van der Waals surface area contributed by atoms with E-state index in [-0.39, 0.29) is 18.9 Å². The Hall–Kier alpha value is -2.58. The number of aromatic nitrogens is 2. The van der Waals surface area contributed by atoms with Crippen molar-refractivity contribution >= 4 is 17.9 Å². The molecule has 0 spiro atoms. The number of carboxylic acid groups (broad SMARTS) is 1. The van der Waals surface area contributed by atoms with Crippen LogP contribution in [0.15, 0.2) is 0 Å². The van der Waals surface area contributed by atoms with Gasteiger partial charge in [0.2, 0.25) is 11.7 Å². The van der Waals surface area contributed by atoms with Crippen molar-refractivity contribution < 1.29 is 19.5 Å². The van der Waals surface area contributed by atoms with Gasteiger partial charge < -0.3 is 9.67 Å². The molecule has 9 heteroatoms. The van der Waals surface area contributed by atoms with E-state index < -0.39 is 17.9 Å². The molecule has 2 rings (SSSR count). The van der Waals surface area contributed by atoms with Crippen LogP contribution in [-0.4, -0.2) is 37.5 Å². The van der Waals surface area contributed by atoms with Gasteiger partial charge in [-0.3, -0.25) is 25.3 Å². The predicted molar refractivity (Wildman–Crippen MR) is 66.5 cm³/mol. The number of hydrazine groups is 1. The van der Waals surface area contributed by atoms with Crippen molar-refractivity contribution in [2.75, 3.05) is 0 Å². The van der Waals surface area contributed by atoms with Gasteiger partial charge in [0.15, 0.2) is 0 Å². The van der Waals surface area contributed by atoms with Gasteiger partial charge in [-0.15, -0.1) is 0 Å². The summed E-state index contributed by atoms with van der Waals surface area (Å²) in [5, 5.41) is 8.95. The minimum atomic E-state index is -1.02.